The second-order valence-electron chi connectivity index (χ2n) is 6.60. The van der Waals surface area contributed by atoms with Crippen molar-refractivity contribution in [2.75, 3.05) is 24.7 Å². The molecule has 4 atom stereocenters. The van der Waals surface area contributed by atoms with Crippen LogP contribution in [0.25, 0.3) is 11.2 Å². The number of aliphatic hydroxyl groups excluding tert-OH is 2. The first-order valence-electron chi connectivity index (χ1n) is 8.95. The van der Waals surface area contributed by atoms with Gasteiger partial charge in [-0.1, -0.05) is 5.16 Å². The first-order valence-corrected chi connectivity index (χ1v) is 10.6. The summed E-state index contributed by atoms with van der Waals surface area (Å²) in [6.45, 7) is 1.72. The summed E-state index contributed by atoms with van der Waals surface area (Å²) in [7, 11) is -2.04. The van der Waals surface area contributed by atoms with Crippen molar-refractivity contribution >= 4 is 27.0 Å². The van der Waals surface area contributed by atoms with Crippen LogP contribution in [0.2, 0.25) is 0 Å². The summed E-state index contributed by atoms with van der Waals surface area (Å²) in [6, 6.07) is 0. The van der Waals surface area contributed by atoms with E-state index in [1.807, 2.05) is 0 Å². The topological polar surface area (TPSA) is 190 Å². The first-order chi connectivity index (χ1) is 14.3. The van der Waals surface area contributed by atoms with E-state index < -0.39 is 34.6 Å². The molecule has 1 fully saturated rings. The molecule has 162 valence electrons. The molecule has 0 bridgehead atoms. The average Bonchev–Trinajstić information content (AvgIpc) is 3.41. The quantitative estimate of drug-likeness (QED) is 0.332. The van der Waals surface area contributed by atoms with Crippen LogP contribution in [0.4, 0.5) is 5.82 Å². The van der Waals surface area contributed by atoms with E-state index in [2.05, 4.69) is 35.1 Å². The molecule has 1 aliphatic heterocycles. The number of imidazole rings is 1. The molecule has 0 spiro atoms. The second-order valence-corrected chi connectivity index (χ2v) is 8.65. The largest absolute Gasteiger partial charge is 0.387 e. The van der Waals surface area contributed by atoms with Gasteiger partial charge >= 0.3 is 0 Å². The summed E-state index contributed by atoms with van der Waals surface area (Å²) in [6.07, 6.45) is -2.00. The van der Waals surface area contributed by atoms with Gasteiger partial charge in [-0.05, 0) is 14.0 Å². The van der Waals surface area contributed by atoms with Crippen LogP contribution in [0.3, 0.4) is 0 Å². The number of anilines is 1. The van der Waals surface area contributed by atoms with Gasteiger partial charge in [-0.25, -0.2) is 28.1 Å². The fourth-order valence-corrected chi connectivity index (χ4v) is 3.67. The maximum Gasteiger partial charge on any atom is 0.258 e. The number of rotatable bonds is 7. The Hall–Kier alpha value is -2.72. The summed E-state index contributed by atoms with van der Waals surface area (Å²) in [5.41, 5.74) is 0.671. The zero-order chi connectivity index (χ0) is 21.5. The molecule has 0 saturated carbocycles. The van der Waals surface area contributed by atoms with E-state index in [4.69, 9.17) is 9.26 Å². The van der Waals surface area contributed by atoms with Gasteiger partial charge in [0, 0.05) is 6.54 Å². The third-order valence-corrected chi connectivity index (χ3v) is 6.00. The van der Waals surface area contributed by atoms with Crippen molar-refractivity contribution < 1.29 is 27.9 Å². The highest BCUT2D eigenvalue weighted by molar-refractivity contribution is 7.89. The predicted octanol–water partition coefficient (Wildman–Crippen LogP) is -1.53. The van der Waals surface area contributed by atoms with Crippen LogP contribution in [-0.2, 0) is 14.8 Å². The molecule has 0 amide bonds. The number of nitrogens with one attached hydrogen (secondary N) is 2. The number of aromatic nitrogens is 6. The van der Waals surface area contributed by atoms with Gasteiger partial charge in [-0.2, -0.15) is 4.98 Å². The van der Waals surface area contributed by atoms with Crippen molar-refractivity contribution in [2.45, 2.75) is 31.5 Å². The van der Waals surface area contributed by atoms with Gasteiger partial charge in [0.15, 0.2) is 35.1 Å². The Kier molecular flexibility index (Phi) is 5.37. The van der Waals surface area contributed by atoms with Crippen LogP contribution in [0.1, 0.15) is 24.0 Å². The molecule has 4 rings (SSSR count). The molecular formula is C15H20N8O6S. The second kappa shape index (κ2) is 7.84. The van der Waals surface area contributed by atoms with Crippen molar-refractivity contribution in [1.29, 1.82) is 0 Å². The summed E-state index contributed by atoms with van der Waals surface area (Å²) in [4.78, 5) is 16.6. The maximum absolute atomic E-state index is 11.6. The van der Waals surface area contributed by atoms with E-state index in [1.165, 1.54) is 24.3 Å². The molecule has 1 aliphatic rings. The molecule has 0 radical (unpaired) electrons. The number of hydrogen-bond donors (Lipinski definition) is 4. The molecule has 30 heavy (non-hydrogen) atoms. The molecule has 0 aliphatic carbocycles. The summed E-state index contributed by atoms with van der Waals surface area (Å²) in [5, 5.41) is 27.5. The average molecular weight is 440 g/mol. The molecule has 3 aromatic rings. The monoisotopic (exact) mass is 440 g/mol. The summed E-state index contributed by atoms with van der Waals surface area (Å²) >= 11 is 0. The highest BCUT2D eigenvalue weighted by Crippen LogP contribution is 2.39. The number of sulfonamides is 1. The molecule has 0 unspecified atom stereocenters. The SMILES string of the molecule is CNS(=O)(=O)CCNc1ncnc2c1ncn2[C@@H]1O[C@H](c2nc(C)no2)[C@@H](O)[C@@H]1O. The zero-order valence-electron chi connectivity index (χ0n) is 16.0. The Bertz CT molecular complexity index is 1150. The highest BCUT2D eigenvalue weighted by Gasteiger charge is 2.47. The van der Waals surface area contributed by atoms with Crippen molar-refractivity contribution in [1.82, 2.24) is 34.4 Å². The standard InChI is InChI=1S/C15H20N8O6S/c1-7-21-14(29-22-7)11-9(24)10(25)15(28-11)23-6-20-8-12(18-5-19-13(8)23)17-3-4-30(26,27)16-2/h5-6,9-11,15-16,24-25H,3-4H2,1-2H3,(H,17,18,19)/t9-,10-,11-,15+/m0/s1. The Morgan fingerprint density at radius 3 is 2.73 bits per heavy atom. The molecule has 3 aromatic heterocycles. The van der Waals surface area contributed by atoms with Gasteiger partial charge in [-0.15, -0.1) is 0 Å². The summed E-state index contributed by atoms with van der Waals surface area (Å²) in [5.74, 6) is 0.587. The van der Waals surface area contributed by atoms with Crippen LogP contribution in [0.5, 0.6) is 0 Å². The Morgan fingerprint density at radius 1 is 1.23 bits per heavy atom. The van der Waals surface area contributed by atoms with Gasteiger partial charge in [0.2, 0.25) is 10.0 Å². The highest BCUT2D eigenvalue weighted by atomic mass is 32.2. The number of aryl methyl sites for hydroxylation is 1. The number of ether oxygens (including phenoxy) is 1. The minimum Gasteiger partial charge on any atom is -0.387 e. The normalized spacial score (nSPS) is 24.5. The zero-order valence-corrected chi connectivity index (χ0v) is 16.8. The van der Waals surface area contributed by atoms with Crippen LogP contribution in [0.15, 0.2) is 17.2 Å². The third-order valence-electron chi connectivity index (χ3n) is 4.63. The van der Waals surface area contributed by atoms with E-state index in [1.54, 1.807) is 6.92 Å². The van der Waals surface area contributed by atoms with Crippen LogP contribution in [0, 0.1) is 6.92 Å². The Balaban J connectivity index is 1.58. The fraction of sp³-hybridized carbons (Fsp3) is 0.533. The molecule has 4 N–H and O–H groups in total. The predicted molar refractivity (Wildman–Crippen MR) is 101 cm³/mol. The van der Waals surface area contributed by atoms with E-state index in [0.717, 1.165) is 0 Å². The van der Waals surface area contributed by atoms with Gasteiger partial charge in [-0.3, -0.25) is 4.57 Å². The van der Waals surface area contributed by atoms with E-state index in [9.17, 15) is 18.6 Å². The maximum atomic E-state index is 11.6. The van der Waals surface area contributed by atoms with Crippen molar-refractivity contribution in [3.05, 3.63) is 24.4 Å². The molecule has 15 heteroatoms. The van der Waals surface area contributed by atoms with Crippen molar-refractivity contribution in [3.8, 4) is 0 Å². The Labute approximate surface area is 170 Å². The lowest BCUT2D eigenvalue weighted by Gasteiger charge is -2.16. The molecule has 1 saturated heterocycles. The number of nitrogens with zero attached hydrogens (tertiary/aromatic N) is 6. The molecular weight excluding hydrogens is 420 g/mol. The lowest BCUT2D eigenvalue weighted by Crippen LogP contribution is -2.29. The molecule has 0 aromatic carbocycles. The van der Waals surface area contributed by atoms with E-state index >= 15 is 0 Å². The minimum absolute atomic E-state index is 0.0497. The minimum atomic E-state index is -3.38. The smallest absolute Gasteiger partial charge is 0.258 e. The van der Waals surface area contributed by atoms with E-state index in [-0.39, 0.29) is 18.2 Å². The van der Waals surface area contributed by atoms with Gasteiger partial charge in [0.05, 0.1) is 12.1 Å². The number of fused-ring (bicyclic) bond motifs is 1. The van der Waals surface area contributed by atoms with Crippen LogP contribution < -0.4 is 10.0 Å². The van der Waals surface area contributed by atoms with E-state index in [0.29, 0.717) is 22.8 Å². The lowest BCUT2D eigenvalue weighted by molar-refractivity contribution is -0.0451. The van der Waals surface area contributed by atoms with Gasteiger partial charge in [0.25, 0.3) is 5.89 Å². The fourth-order valence-electron chi connectivity index (χ4n) is 3.10. The number of hydrogen-bond acceptors (Lipinski definition) is 12. The first kappa shape index (κ1) is 20.5. The van der Waals surface area contributed by atoms with Gasteiger partial charge in [0.1, 0.15) is 18.5 Å². The molecule has 14 nitrogen and oxygen atoms in total. The van der Waals surface area contributed by atoms with Crippen LogP contribution in [-0.4, -0.2) is 79.8 Å². The summed E-state index contributed by atoms with van der Waals surface area (Å²) < 4.78 is 37.6. The van der Waals surface area contributed by atoms with Gasteiger partial charge < -0.3 is 24.8 Å². The Morgan fingerprint density at radius 2 is 2.03 bits per heavy atom. The molecule has 4 heterocycles. The van der Waals surface area contributed by atoms with Crippen molar-refractivity contribution in [3.63, 3.8) is 0 Å². The number of aliphatic hydroxyl groups is 2. The van der Waals surface area contributed by atoms with Crippen molar-refractivity contribution in [2.24, 2.45) is 0 Å². The lowest BCUT2D eigenvalue weighted by atomic mass is 10.1. The van der Waals surface area contributed by atoms with Crippen LogP contribution >= 0.6 is 0 Å². The third kappa shape index (κ3) is 3.72.